The van der Waals surface area contributed by atoms with Crippen molar-refractivity contribution in [2.45, 2.75) is 27.2 Å². The first kappa shape index (κ1) is 15.3. The molecule has 0 unspecified atom stereocenters. The first-order valence-corrected chi connectivity index (χ1v) is 6.33. The number of aliphatic imine (C=N–C) groups is 1. The van der Waals surface area contributed by atoms with Gasteiger partial charge in [-0.25, -0.2) is 0 Å². The van der Waals surface area contributed by atoms with Crippen molar-refractivity contribution in [3.05, 3.63) is 11.6 Å². The van der Waals surface area contributed by atoms with E-state index in [9.17, 15) is 0 Å². The summed E-state index contributed by atoms with van der Waals surface area (Å²) in [6.45, 7) is 11.7. The number of hydrogen-bond donors (Lipinski definition) is 1. The van der Waals surface area contributed by atoms with E-state index in [-0.39, 0.29) is 0 Å². The Bertz CT molecular complexity index is 209. The average Bonchev–Trinajstić information content (AvgIpc) is 2.32. The fourth-order valence-corrected chi connectivity index (χ4v) is 1.45. The van der Waals surface area contributed by atoms with Gasteiger partial charge in [-0.2, -0.15) is 0 Å². The van der Waals surface area contributed by atoms with Crippen LogP contribution in [0, 0.1) is 0 Å². The molecule has 0 saturated heterocycles. The molecule has 94 valence electrons. The molecule has 0 aliphatic rings. The molecule has 0 heterocycles. The van der Waals surface area contributed by atoms with Crippen LogP contribution in [0.4, 0.5) is 0 Å². The third-order valence-electron chi connectivity index (χ3n) is 2.60. The van der Waals surface area contributed by atoms with Crippen LogP contribution in [0.1, 0.15) is 27.2 Å². The number of nitrogens with one attached hydrogen (secondary N) is 1. The molecule has 0 aliphatic carbocycles. The highest BCUT2D eigenvalue weighted by Crippen LogP contribution is 2.03. The molecule has 0 spiro atoms. The van der Waals surface area contributed by atoms with Gasteiger partial charge < -0.3 is 5.32 Å². The van der Waals surface area contributed by atoms with Gasteiger partial charge in [0.15, 0.2) is 0 Å². The lowest BCUT2D eigenvalue weighted by Crippen LogP contribution is -2.32. The molecule has 16 heavy (non-hydrogen) atoms. The van der Waals surface area contributed by atoms with Gasteiger partial charge in [-0.1, -0.05) is 19.4 Å². The molecule has 0 saturated carbocycles. The van der Waals surface area contributed by atoms with E-state index in [1.807, 2.05) is 13.3 Å². The maximum Gasteiger partial charge on any atom is 0.0360 e. The van der Waals surface area contributed by atoms with Gasteiger partial charge in [0.25, 0.3) is 0 Å². The van der Waals surface area contributed by atoms with Crippen LogP contribution in [0.3, 0.4) is 0 Å². The predicted molar refractivity (Wildman–Crippen MR) is 73.4 cm³/mol. The summed E-state index contributed by atoms with van der Waals surface area (Å²) in [5.41, 5.74) is 1.45. The number of rotatable bonds is 9. The molecule has 0 aromatic rings. The Balaban J connectivity index is 4.15. The maximum atomic E-state index is 4.22. The highest BCUT2D eigenvalue weighted by atomic mass is 15.1. The quantitative estimate of drug-likeness (QED) is 0.607. The van der Waals surface area contributed by atoms with Crippen molar-refractivity contribution in [3.63, 3.8) is 0 Å². The van der Waals surface area contributed by atoms with E-state index in [0.717, 1.165) is 39.1 Å². The predicted octanol–water partition coefficient (Wildman–Crippen LogP) is 1.95. The van der Waals surface area contributed by atoms with Crippen molar-refractivity contribution < 1.29 is 0 Å². The normalized spacial score (nSPS) is 12.9. The molecule has 0 rings (SSSR count). The number of nitrogens with zero attached hydrogens (tertiary/aromatic N) is 2. The first-order chi connectivity index (χ1) is 7.78. The first-order valence-electron chi connectivity index (χ1n) is 6.33. The van der Waals surface area contributed by atoms with Gasteiger partial charge in [0.05, 0.1) is 0 Å². The minimum absolute atomic E-state index is 0.866. The minimum atomic E-state index is 0.866. The van der Waals surface area contributed by atoms with Crippen LogP contribution >= 0.6 is 0 Å². The van der Waals surface area contributed by atoms with Crippen LogP contribution in [0.5, 0.6) is 0 Å². The van der Waals surface area contributed by atoms with Crippen molar-refractivity contribution in [3.8, 4) is 0 Å². The molecule has 0 bridgehead atoms. The summed E-state index contributed by atoms with van der Waals surface area (Å²) in [5, 5.41) is 3.19. The Hall–Kier alpha value is -0.670. The average molecular weight is 225 g/mol. The van der Waals surface area contributed by atoms with E-state index in [1.54, 1.807) is 0 Å². The topological polar surface area (TPSA) is 27.6 Å². The Kier molecular flexibility index (Phi) is 10.4. The molecule has 0 aliphatic heterocycles. The summed E-state index contributed by atoms with van der Waals surface area (Å²) < 4.78 is 0. The Morgan fingerprint density at radius 3 is 2.56 bits per heavy atom. The van der Waals surface area contributed by atoms with Gasteiger partial charge in [-0.15, -0.1) is 0 Å². The molecule has 0 amide bonds. The van der Waals surface area contributed by atoms with Gasteiger partial charge in [-0.3, -0.25) is 9.89 Å². The summed E-state index contributed by atoms with van der Waals surface area (Å²) >= 11 is 0. The van der Waals surface area contributed by atoms with E-state index in [2.05, 4.69) is 42.1 Å². The SMILES string of the molecule is CCN=C/C=C(\CC)CN(CC)CCNC. The van der Waals surface area contributed by atoms with Crippen molar-refractivity contribution in [2.24, 2.45) is 4.99 Å². The van der Waals surface area contributed by atoms with E-state index >= 15 is 0 Å². The molecule has 0 aromatic heterocycles. The van der Waals surface area contributed by atoms with Crippen LogP contribution in [0.25, 0.3) is 0 Å². The summed E-state index contributed by atoms with van der Waals surface area (Å²) in [4.78, 5) is 6.67. The molecular formula is C13H27N3. The number of allylic oxidation sites excluding steroid dienone is 1. The van der Waals surface area contributed by atoms with Crippen LogP contribution in [0.2, 0.25) is 0 Å². The minimum Gasteiger partial charge on any atom is -0.318 e. The van der Waals surface area contributed by atoms with Crippen LogP contribution in [-0.2, 0) is 0 Å². The Labute approximate surface area is 101 Å². The Morgan fingerprint density at radius 2 is 2.06 bits per heavy atom. The van der Waals surface area contributed by atoms with E-state index in [0.29, 0.717) is 0 Å². The number of hydrogen-bond acceptors (Lipinski definition) is 3. The lowest BCUT2D eigenvalue weighted by atomic mass is 10.2. The summed E-state index contributed by atoms with van der Waals surface area (Å²) in [5.74, 6) is 0. The van der Waals surface area contributed by atoms with E-state index in [4.69, 9.17) is 0 Å². The van der Waals surface area contributed by atoms with Gasteiger partial charge >= 0.3 is 0 Å². The fourth-order valence-electron chi connectivity index (χ4n) is 1.45. The second-order valence-corrected chi connectivity index (χ2v) is 3.80. The van der Waals surface area contributed by atoms with Crippen LogP contribution < -0.4 is 5.32 Å². The third kappa shape index (κ3) is 7.60. The monoisotopic (exact) mass is 225 g/mol. The van der Waals surface area contributed by atoms with E-state index < -0.39 is 0 Å². The molecule has 0 radical (unpaired) electrons. The molecule has 0 aromatic carbocycles. The smallest absolute Gasteiger partial charge is 0.0360 e. The van der Waals surface area contributed by atoms with Crippen molar-refractivity contribution in [2.75, 3.05) is 39.8 Å². The fraction of sp³-hybridized carbons (Fsp3) is 0.769. The van der Waals surface area contributed by atoms with Crippen molar-refractivity contribution >= 4 is 6.21 Å². The zero-order chi connectivity index (χ0) is 12.2. The third-order valence-corrected chi connectivity index (χ3v) is 2.60. The zero-order valence-corrected chi connectivity index (χ0v) is 11.3. The summed E-state index contributed by atoms with van der Waals surface area (Å²) in [7, 11) is 2.00. The van der Waals surface area contributed by atoms with Crippen molar-refractivity contribution in [1.29, 1.82) is 0 Å². The summed E-state index contributed by atoms with van der Waals surface area (Å²) in [6.07, 6.45) is 5.20. The highest BCUT2D eigenvalue weighted by Gasteiger charge is 2.03. The molecular weight excluding hydrogens is 198 g/mol. The molecule has 1 N–H and O–H groups in total. The lowest BCUT2D eigenvalue weighted by Gasteiger charge is -2.21. The lowest BCUT2D eigenvalue weighted by molar-refractivity contribution is 0.311. The van der Waals surface area contributed by atoms with Gasteiger partial charge in [0.2, 0.25) is 0 Å². The van der Waals surface area contributed by atoms with Crippen LogP contribution in [0.15, 0.2) is 16.6 Å². The van der Waals surface area contributed by atoms with Gasteiger partial charge in [0, 0.05) is 32.4 Å². The maximum absolute atomic E-state index is 4.22. The van der Waals surface area contributed by atoms with Gasteiger partial charge in [0.1, 0.15) is 0 Å². The molecule has 3 heteroatoms. The number of likely N-dealkylation sites (N-methyl/N-ethyl adjacent to an activating group) is 2. The molecule has 0 fully saturated rings. The largest absolute Gasteiger partial charge is 0.318 e. The molecule has 3 nitrogen and oxygen atoms in total. The zero-order valence-electron chi connectivity index (χ0n) is 11.3. The molecule has 0 atom stereocenters. The van der Waals surface area contributed by atoms with E-state index in [1.165, 1.54) is 5.57 Å². The standard InChI is InChI=1S/C13H27N3/c1-5-13(8-9-15-6-2)12-16(7-3)11-10-14-4/h8-9,14H,5-7,10-12H2,1-4H3/b13-8+,15-9?. The van der Waals surface area contributed by atoms with Gasteiger partial charge in [-0.05, 0) is 33.0 Å². The second kappa shape index (κ2) is 10.8. The summed E-state index contributed by atoms with van der Waals surface area (Å²) in [6, 6.07) is 0. The Morgan fingerprint density at radius 1 is 1.31 bits per heavy atom. The van der Waals surface area contributed by atoms with Crippen LogP contribution in [-0.4, -0.2) is 50.9 Å². The highest BCUT2D eigenvalue weighted by molar-refractivity contribution is 5.72. The van der Waals surface area contributed by atoms with Crippen molar-refractivity contribution in [1.82, 2.24) is 10.2 Å². The second-order valence-electron chi connectivity index (χ2n) is 3.80.